The predicted molar refractivity (Wildman–Crippen MR) is 132 cm³/mol. The van der Waals surface area contributed by atoms with Crippen molar-refractivity contribution in [2.24, 2.45) is 5.92 Å². The molecular weight excluding hydrogens is 451 g/mol. The Bertz CT molecular complexity index is 1170. The molecule has 0 unspecified atom stereocenters. The van der Waals surface area contributed by atoms with Gasteiger partial charge < -0.3 is 4.74 Å². The van der Waals surface area contributed by atoms with E-state index in [0.717, 1.165) is 23.3 Å². The van der Waals surface area contributed by atoms with Crippen LogP contribution in [-0.4, -0.2) is 26.8 Å². The Morgan fingerprint density at radius 2 is 1.94 bits per heavy atom. The molecule has 0 radical (unpaired) electrons. The van der Waals surface area contributed by atoms with Gasteiger partial charge in [0.1, 0.15) is 5.82 Å². The van der Waals surface area contributed by atoms with Crippen LogP contribution in [0.3, 0.4) is 0 Å². The molecule has 2 aromatic carbocycles. The summed E-state index contributed by atoms with van der Waals surface area (Å²) in [6.45, 7) is 8.29. The molecule has 8 heteroatoms. The van der Waals surface area contributed by atoms with Crippen LogP contribution in [0.1, 0.15) is 57.4 Å². The van der Waals surface area contributed by atoms with Gasteiger partial charge in [0.25, 0.3) is 0 Å². The Kier molecular flexibility index (Phi) is 7.46. The number of hydrogen-bond acceptors (Lipinski definition) is 6. The van der Waals surface area contributed by atoms with Crippen LogP contribution in [0.15, 0.2) is 47.6 Å². The number of ether oxygens (including phenoxy) is 1. The van der Waals surface area contributed by atoms with Gasteiger partial charge in [0.05, 0.1) is 5.69 Å². The highest BCUT2D eigenvalue weighted by Crippen LogP contribution is 2.44. The van der Waals surface area contributed by atoms with Crippen LogP contribution in [-0.2, 0) is 4.79 Å². The number of carbonyl (C=O) groups is 1. The second-order valence-corrected chi connectivity index (χ2v) is 9.90. The Morgan fingerprint density at radius 3 is 2.65 bits per heavy atom. The van der Waals surface area contributed by atoms with Crippen molar-refractivity contribution < 1.29 is 13.9 Å². The van der Waals surface area contributed by atoms with Gasteiger partial charge in [-0.05, 0) is 49.9 Å². The Balaban J connectivity index is 1.85. The van der Waals surface area contributed by atoms with E-state index in [1.165, 1.54) is 23.9 Å². The number of carbonyl (C=O) groups excluding carboxylic acids is 1. The molecule has 0 spiro atoms. The monoisotopic (exact) mass is 480 g/mol. The van der Waals surface area contributed by atoms with Crippen molar-refractivity contribution in [1.82, 2.24) is 15.2 Å². The number of halogens is 1. The highest BCUT2D eigenvalue weighted by atomic mass is 32.2. The third kappa shape index (κ3) is 5.22. The molecule has 0 fully saturated rings. The maximum Gasteiger partial charge on any atom is 0.247 e. The predicted octanol–water partition coefficient (Wildman–Crippen LogP) is 6.35. The zero-order valence-corrected chi connectivity index (χ0v) is 20.7. The van der Waals surface area contributed by atoms with Crippen LogP contribution in [0.2, 0.25) is 0 Å². The lowest BCUT2D eigenvalue weighted by Gasteiger charge is -2.31. The molecule has 0 bridgehead atoms. The number of hydrogen-bond donors (Lipinski definition) is 0. The molecule has 0 saturated heterocycles. The van der Waals surface area contributed by atoms with E-state index < -0.39 is 6.23 Å². The SMILES string of the molecule is CCCC(=O)N1c2ccc(C)cc2-c2nnc(SCCC(C)C)nc2O[C@@H]1c1ccc(F)cc1. The molecule has 3 aromatic rings. The molecule has 0 saturated carbocycles. The molecule has 34 heavy (non-hydrogen) atoms. The lowest BCUT2D eigenvalue weighted by Crippen LogP contribution is -2.37. The topological polar surface area (TPSA) is 68.2 Å². The van der Waals surface area contributed by atoms with Crippen LogP contribution in [0.5, 0.6) is 5.88 Å². The fraction of sp³-hybridized carbons (Fsp3) is 0.385. The summed E-state index contributed by atoms with van der Waals surface area (Å²) in [5.41, 5.74) is 3.57. The Hall–Kier alpha value is -3.00. The maximum absolute atomic E-state index is 13.7. The summed E-state index contributed by atoms with van der Waals surface area (Å²) < 4.78 is 20.1. The fourth-order valence-electron chi connectivity index (χ4n) is 3.77. The zero-order chi connectivity index (χ0) is 24.2. The van der Waals surface area contributed by atoms with Crippen molar-refractivity contribution in [1.29, 1.82) is 0 Å². The van der Waals surface area contributed by atoms with E-state index in [9.17, 15) is 9.18 Å². The van der Waals surface area contributed by atoms with Crippen LogP contribution in [0, 0.1) is 18.7 Å². The number of nitrogens with zero attached hydrogens (tertiary/aromatic N) is 4. The molecule has 2 heterocycles. The molecule has 0 aliphatic carbocycles. The van der Waals surface area contributed by atoms with E-state index in [2.05, 4.69) is 29.0 Å². The van der Waals surface area contributed by atoms with E-state index >= 15 is 0 Å². The van der Waals surface area contributed by atoms with E-state index in [4.69, 9.17) is 4.74 Å². The van der Waals surface area contributed by atoms with Crippen molar-refractivity contribution in [3.63, 3.8) is 0 Å². The second-order valence-electron chi connectivity index (χ2n) is 8.84. The summed E-state index contributed by atoms with van der Waals surface area (Å²) in [7, 11) is 0. The van der Waals surface area contributed by atoms with Crippen LogP contribution >= 0.6 is 11.8 Å². The summed E-state index contributed by atoms with van der Waals surface area (Å²) in [6.07, 6.45) is 1.26. The standard InChI is InChI=1S/C26H29FN4O2S/c1-5-6-22(32)31-21-12-7-17(4)15-20(21)23-24(28-26(30-29-23)34-14-13-16(2)3)33-25(31)18-8-10-19(27)11-9-18/h7-12,15-16,25H,5-6,13-14H2,1-4H3/t25-/m1/s1. The first kappa shape index (κ1) is 24.1. The van der Waals surface area contributed by atoms with Crippen molar-refractivity contribution in [2.75, 3.05) is 10.7 Å². The van der Waals surface area contributed by atoms with Gasteiger partial charge in [-0.3, -0.25) is 9.69 Å². The average molecular weight is 481 g/mol. The number of anilines is 1. The lowest BCUT2D eigenvalue weighted by atomic mass is 10.0. The van der Waals surface area contributed by atoms with E-state index in [-0.39, 0.29) is 11.7 Å². The molecule has 178 valence electrons. The van der Waals surface area contributed by atoms with Crippen LogP contribution in [0.25, 0.3) is 11.3 Å². The quantitative estimate of drug-likeness (QED) is 0.367. The third-order valence-electron chi connectivity index (χ3n) is 5.57. The minimum atomic E-state index is -0.812. The van der Waals surface area contributed by atoms with Gasteiger partial charge in [-0.15, -0.1) is 10.2 Å². The largest absolute Gasteiger partial charge is 0.447 e. The van der Waals surface area contributed by atoms with Gasteiger partial charge in [-0.25, -0.2) is 4.39 Å². The van der Waals surface area contributed by atoms with E-state index in [1.54, 1.807) is 17.0 Å². The molecule has 1 atom stereocenters. The summed E-state index contributed by atoms with van der Waals surface area (Å²) in [4.78, 5) is 19.7. The van der Waals surface area contributed by atoms with Gasteiger partial charge in [0.2, 0.25) is 23.2 Å². The van der Waals surface area contributed by atoms with Crippen molar-refractivity contribution in [3.05, 3.63) is 59.4 Å². The lowest BCUT2D eigenvalue weighted by molar-refractivity contribution is -0.120. The average Bonchev–Trinajstić information content (AvgIpc) is 2.93. The molecule has 6 nitrogen and oxygen atoms in total. The highest BCUT2D eigenvalue weighted by Gasteiger charge is 2.35. The van der Waals surface area contributed by atoms with Crippen molar-refractivity contribution >= 4 is 23.4 Å². The minimum Gasteiger partial charge on any atom is -0.447 e. The minimum absolute atomic E-state index is 0.0887. The molecule has 1 aliphatic rings. The number of amides is 1. The first-order valence-electron chi connectivity index (χ1n) is 11.6. The summed E-state index contributed by atoms with van der Waals surface area (Å²) in [5.74, 6) is 1.32. The third-order valence-corrected chi connectivity index (χ3v) is 6.44. The number of aryl methyl sites for hydroxylation is 1. The number of fused-ring (bicyclic) bond motifs is 3. The Labute approximate surface area is 204 Å². The van der Waals surface area contributed by atoms with Gasteiger partial charge in [-0.2, -0.15) is 4.98 Å². The first-order valence-corrected chi connectivity index (χ1v) is 12.6. The van der Waals surface area contributed by atoms with Gasteiger partial charge in [0, 0.05) is 23.3 Å². The molecule has 1 aliphatic heterocycles. The van der Waals surface area contributed by atoms with Crippen LogP contribution < -0.4 is 9.64 Å². The fourth-order valence-corrected chi connectivity index (χ4v) is 4.79. The number of benzene rings is 2. The molecule has 1 aromatic heterocycles. The summed E-state index contributed by atoms with van der Waals surface area (Å²) in [5, 5.41) is 9.36. The zero-order valence-electron chi connectivity index (χ0n) is 19.9. The summed E-state index contributed by atoms with van der Waals surface area (Å²) in [6, 6.07) is 11.8. The van der Waals surface area contributed by atoms with Gasteiger partial charge in [0.15, 0.2) is 5.69 Å². The second kappa shape index (κ2) is 10.5. The van der Waals surface area contributed by atoms with Crippen molar-refractivity contribution in [2.45, 2.75) is 58.3 Å². The van der Waals surface area contributed by atoms with Gasteiger partial charge in [-0.1, -0.05) is 56.3 Å². The van der Waals surface area contributed by atoms with Gasteiger partial charge >= 0.3 is 0 Å². The van der Waals surface area contributed by atoms with E-state index in [0.29, 0.717) is 46.7 Å². The molecule has 0 N–H and O–H groups in total. The number of aromatic nitrogens is 3. The van der Waals surface area contributed by atoms with E-state index in [1.807, 2.05) is 32.0 Å². The number of thioether (sulfide) groups is 1. The first-order chi connectivity index (χ1) is 16.4. The number of rotatable bonds is 7. The van der Waals surface area contributed by atoms with Crippen molar-refractivity contribution in [3.8, 4) is 17.1 Å². The maximum atomic E-state index is 13.7. The molecule has 1 amide bonds. The summed E-state index contributed by atoms with van der Waals surface area (Å²) >= 11 is 1.53. The molecular formula is C26H29FN4O2S. The molecule has 4 rings (SSSR count). The normalized spacial score (nSPS) is 14.9. The highest BCUT2D eigenvalue weighted by molar-refractivity contribution is 7.99. The van der Waals surface area contributed by atoms with Crippen LogP contribution in [0.4, 0.5) is 10.1 Å². The smallest absolute Gasteiger partial charge is 0.247 e. The Morgan fingerprint density at radius 1 is 1.18 bits per heavy atom.